The van der Waals surface area contributed by atoms with Gasteiger partial charge in [-0.2, -0.15) is 0 Å². The van der Waals surface area contributed by atoms with Crippen molar-refractivity contribution in [2.24, 2.45) is 5.73 Å². The van der Waals surface area contributed by atoms with Gasteiger partial charge < -0.3 is 15.7 Å². The minimum Gasteiger partial charge on any atom is -0.508 e. The summed E-state index contributed by atoms with van der Waals surface area (Å²) in [5.41, 5.74) is 14.3. The van der Waals surface area contributed by atoms with Crippen LogP contribution in [0, 0.1) is 13.8 Å². The minimum absolute atomic E-state index is 0.218. The van der Waals surface area contributed by atoms with Gasteiger partial charge in [-0.15, -0.1) is 0 Å². The average Bonchev–Trinajstić information content (AvgIpc) is 2.99. The van der Waals surface area contributed by atoms with Crippen molar-refractivity contribution < 1.29 is 9.90 Å². The van der Waals surface area contributed by atoms with Crippen LogP contribution in [0.1, 0.15) is 27.3 Å². The number of aromatic hydroxyl groups is 1. The third kappa shape index (κ3) is 5.49. The molecule has 0 saturated carbocycles. The predicted octanol–water partition coefficient (Wildman–Crippen LogP) is 5.71. The summed E-state index contributed by atoms with van der Waals surface area (Å²) in [5.74, 6) is -0.214. The molecule has 206 valence electrons. The van der Waals surface area contributed by atoms with Crippen LogP contribution in [0.15, 0.2) is 84.9 Å². The highest BCUT2D eigenvalue weighted by Crippen LogP contribution is 2.34. The summed E-state index contributed by atoms with van der Waals surface area (Å²) < 4.78 is 0. The molecule has 1 aliphatic heterocycles. The summed E-state index contributed by atoms with van der Waals surface area (Å²) in [6.45, 7) is 8.42. The zero-order chi connectivity index (χ0) is 28.5. The Kier molecular flexibility index (Phi) is 7.12. The first-order chi connectivity index (χ1) is 19.9. The lowest BCUT2D eigenvalue weighted by molar-refractivity contribution is 0.0995. The average molecular weight is 544 g/mol. The summed E-state index contributed by atoms with van der Waals surface area (Å²) in [6, 6.07) is 28.5. The Morgan fingerprint density at radius 2 is 1.59 bits per heavy atom. The van der Waals surface area contributed by atoms with Gasteiger partial charge in [0.25, 0.3) is 5.91 Å². The zero-order valence-corrected chi connectivity index (χ0v) is 23.3. The molecule has 5 aromatic rings. The lowest BCUT2D eigenvalue weighted by atomic mass is 9.96. The summed E-state index contributed by atoms with van der Waals surface area (Å²) in [7, 11) is 0. The molecule has 3 heterocycles. The van der Waals surface area contributed by atoms with E-state index in [1.165, 1.54) is 5.56 Å². The van der Waals surface area contributed by atoms with Crippen molar-refractivity contribution in [1.29, 1.82) is 0 Å². The van der Waals surface area contributed by atoms with Crippen molar-refractivity contribution in [3.63, 3.8) is 0 Å². The maximum atomic E-state index is 11.9. The molecule has 1 fully saturated rings. The van der Waals surface area contributed by atoms with Gasteiger partial charge in [0.15, 0.2) is 0 Å². The Morgan fingerprint density at radius 3 is 2.27 bits per heavy atom. The Labute approximate surface area is 239 Å². The number of piperazine rings is 1. The molecule has 0 bridgehead atoms. The molecule has 1 aliphatic rings. The number of hydrogen-bond acceptors (Lipinski definition) is 6. The maximum absolute atomic E-state index is 11.9. The van der Waals surface area contributed by atoms with Gasteiger partial charge in [0.2, 0.25) is 0 Å². The molecule has 2 aromatic heterocycles. The van der Waals surface area contributed by atoms with Crippen LogP contribution in [-0.4, -0.2) is 52.1 Å². The van der Waals surface area contributed by atoms with Crippen molar-refractivity contribution in [3.05, 3.63) is 107 Å². The van der Waals surface area contributed by atoms with Crippen LogP contribution in [0.2, 0.25) is 0 Å². The van der Waals surface area contributed by atoms with E-state index in [9.17, 15) is 9.90 Å². The summed E-state index contributed by atoms with van der Waals surface area (Å²) in [5, 5.41) is 11.0. The molecule has 0 atom stereocenters. The van der Waals surface area contributed by atoms with E-state index < -0.39 is 5.91 Å². The first kappa shape index (κ1) is 26.5. The van der Waals surface area contributed by atoms with Gasteiger partial charge >= 0.3 is 0 Å². The second kappa shape index (κ2) is 11.0. The fourth-order valence-electron chi connectivity index (χ4n) is 5.50. The maximum Gasteiger partial charge on any atom is 0.267 e. The summed E-state index contributed by atoms with van der Waals surface area (Å²) in [4.78, 5) is 26.1. The fourth-order valence-corrected chi connectivity index (χ4v) is 5.50. The van der Waals surface area contributed by atoms with E-state index in [1.54, 1.807) is 6.07 Å². The normalized spacial score (nSPS) is 14.0. The van der Waals surface area contributed by atoms with E-state index in [0.717, 1.165) is 77.4 Å². The number of carbonyl (C=O) groups is 1. The van der Waals surface area contributed by atoms with E-state index in [2.05, 4.69) is 63.3 Å². The van der Waals surface area contributed by atoms with Crippen LogP contribution in [0.5, 0.6) is 5.75 Å². The number of amides is 1. The van der Waals surface area contributed by atoms with Crippen LogP contribution in [-0.2, 0) is 6.54 Å². The number of anilines is 1. The predicted molar refractivity (Wildman–Crippen MR) is 164 cm³/mol. The van der Waals surface area contributed by atoms with Crippen molar-refractivity contribution in [2.75, 3.05) is 31.1 Å². The first-order valence-electron chi connectivity index (χ1n) is 13.9. The number of aromatic nitrogens is 2. The third-order valence-corrected chi connectivity index (χ3v) is 7.90. The Hall–Kier alpha value is -4.75. The van der Waals surface area contributed by atoms with Crippen molar-refractivity contribution >= 4 is 22.5 Å². The molecule has 41 heavy (non-hydrogen) atoms. The Balaban J connectivity index is 1.25. The van der Waals surface area contributed by atoms with Crippen molar-refractivity contribution in [3.8, 4) is 28.1 Å². The third-order valence-electron chi connectivity index (χ3n) is 7.90. The Bertz CT molecular complexity index is 1730. The molecule has 0 unspecified atom stereocenters. The van der Waals surface area contributed by atoms with E-state index >= 15 is 0 Å². The highest BCUT2D eigenvalue weighted by molar-refractivity contribution is 5.98. The quantitative estimate of drug-likeness (QED) is 0.285. The van der Waals surface area contributed by atoms with Crippen LogP contribution in [0.4, 0.5) is 5.69 Å². The second-order valence-corrected chi connectivity index (χ2v) is 10.7. The number of phenolic OH excluding ortho intramolecular Hbond substituents is 1. The number of nitrogens with two attached hydrogens (primary N) is 1. The number of nitrogens with zero attached hydrogens (tertiary/aromatic N) is 4. The molecule has 3 aromatic carbocycles. The van der Waals surface area contributed by atoms with Gasteiger partial charge in [-0.05, 0) is 48.7 Å². The largest absolute Gasteiger partial charge is 0.508 e. The summed E-state index contributed by atoms with van der Waals surface area (Å²) >= 11 is 0. The molecular weight excluding hydrogens is 510 g/mol. The minimum atomic E-state index is -0.562. The number of primary amides is 1. The zero-order valence-electron chi connectivity index (χ0n) is 23.3. The number of rotatable bonds is 6. The number of aryl methyl sites for hydroxylation is 2. The fraction of sp³-hybridized carbons (Fsp3) is 0.206. The van der Waals surface area contributed by atoms with Gasteiger partial charge in [0.1, 0.15) is 11.4 Å². The SMILES string of the molecule is Cc1ccc(N2CCN(Cc3ccc(-c4nc5cc(C(N)=O)nc(C)c5cc4-c4ccccc4)cc3)CC2)cc1O. The van der Waals surface area contributed by atoms with E-state index in [0.29, 0.717) is 11.3 Å². The number of benzene rings is 3. The number of fused-ring (bicyclic) bond motifs is 1. The monoisotopic (exact) mass is 543 g/mol. The van der Waals surface area contributed by atoms with Gasteiger partial charge in [-0.1, -0.05) is 60.7 Å². The standard InChI is InChI=1S/C34H33N5O2/c1-22-8-13-27(18-32(22)40)39-16-14-38(15-17-39)21-24-9-11-26(12-10-24)33-29(25-6-4-3-5-7-25)19-28-23(2)36-31(34(35)41)20-30(28)37-33/h3-13,18-20,40H,14-17,21H2,1-2H3,(H2,35,41). The highest BCUT2D eigenvalue weighted by atomic mass is 16.3. The van der Waals surface area contributed by atoms with Crippen molar-refractivity contribution in [2.45, 2.75) is 20.4 Å². The van der Waals surface area contributed by atoms with Crippen LogP contribution in [0.25, 0.3) is 33.3 Å². The molecule has 1 saturated heterocycles. The molecule has 0 spiro atoms. The number of hydrogen-bond donors (Lipinski definition) is 2. The van der Waals surface area contributed by atoms with Gasteiger partial charge in [0.05, 0.1) is 11.2 Å². The molecule has 0 radical (unpaired) electrons. The molecule has 3 N–H and O–H groups in total. The van der Waals surface area contributed by atoms with Gasteiger partial charge in [-0.25, -0.2) is 9.97 Å². The Morgan fingerprint density at radius 1 is 0.854 bits per heavy atom. The molecule has 6 rings (SSSR count). The van der Waals surface area contributed by atoms with Crippen LogP contribution < -0.4 is 10.6 Å². The first-order valence-corrected chi connectivity index (χ1v) is 13.9. The topological polar surface area (TPSA) is 95.6 Å². The molecule has 7 nitrogen and oxygen atoms in total. The van der Waals surface area contributed by atoms with E-state index in [-0.39, 0.29) is 5.69 Å². The molecule has 1 amide bonds. The van der Waals surface area contributed by atoms with Crippen LogP contribution in [0.3, 0.4) is 0 Å². The second-order valence-electron chi connectivity index (χ2n) is 10.7. The smallest absolute Gasteiger partial charge is 0.267 e. The molecular formula is C34H33N5O2. The number of phenols is 1. The van der Waals surface area contributed by atoms with Crippen LogP contribution >= 0.6 is 0 Å². The number of pyridine rings is 2. The van der Waals surface area contributed by atoms with Gasteiger partial charge in [0, 0.05) is 66.7 Å². The highest BCUT2D eigenvalue weighted by Gasteiger charge is 2.19. The lowest BCUT2D eigenvalue weighted by Crippen LogP contribution is -2.45. The van der Waals surface area contributed by atoms with Gasteiger partial charge in [-0.3, -0.25) is 9.69 Å². The number of carbonyl (C=O) groups excluding carboxylic acids is 1. The van der Waals surface area contributed by atoms with E-state index in [4.69, 9.17) is 10.7 Å². The van der Waals surface area contributed by atoms with Crippen molar-refractivity contribution in [1.82, 2.24) is 14.9 Å². The summed E-state index contributed by atoms with van der Waals surface area (Å²) in [6.07, 6.45) is 0. The molecule has 7 heteroatoms. The molecule has 0 aliphatic carbocycles. The lowest BCUT2D eigenvalue weighted by Gasteiger charge is -2.36. The van der Waals surface area contributed by atoms with E-state index in [1.807, 2.05) is 44.2 Å².